The first kappa shape index (κ1) is 15.0. The first-order valence-electron chi connectivity index (χ1n) is 6.12. The lowest BCUT2D eigenvalue weighted by atomic mass is 10.3. The molecule has 1 aromatic heterocycles. The summed E-state index contributed by atoms with van der Waals surface area (Å²) in [6.45, 7) is 2.14. The van der Waals surface area contributed by atoms with Gasteiger partial charge in [0.15, 0.2) is 0 Å². The van der Waals surface area contributed by atoms with Gasteiger partial charge in [0.05, 0.1) is 5.69 Å². The maximum atomic E-state index is 13.6. The molecule has 21 heavy (non-hydrogen) atoms. The van der Waals surface area contributed by atoms with Gasteiger partial charge in [0, 0.05) is 24.5 Å². The number of pyridine rings is 1. The Morgan fingerprint density at radius 1 is 1.29 bits per heavy atom. The van der Waals surface area contributed by atoms with Gasteiger partial charge < -0.3 is 10.3 Å². The fraction of sp³-hybridized carbons (Fsp3) is 0.154. The lowest BCUT2D eigenvalue weighted by Crippen LogP contribution is -2.20. The third-order valence-electron chi connectivity index (χ3n) is 2.82. The Hall–Kier alpha value is -2.35. The standard InChI is InChI=1S/C13H14FN3O3S/c1-2-17-8-10(4-6-13(17)18)16-21(19,20)12-7-9(15)3-5-11(12)14/h3-8,16H,2,15H2,1H3. The second-order valence-corrected chi connectivity index (χ2v) is 5.99. The summed E-state index contributed by atoms with van der Waals surface area (Å²) in [6, 6.07) is 5.84. The van der Waals surface area contributed by atoms with E-state index in [9.17, 15) is 17.6 Å². The lowest BCUT2D eigenvalue weighted by Gasteiger charge is -2.11. The van der Waals surface area contributed by atoms with E-state index >= 15 is 0 Å². The number of aromatic nitrogens is 1. The first-order valence-corrected chi connectivity index (χ1v) is 7.60. The van der Waals surface area contributed by atoms with Gasteiger partial charge in [-0.15, -0.1) is 0 Å². The van der Waals surface area contributed by atoms with Crippen molar-refractivity contribution >= 4 is 21.4 Å². The van der Waals surface area contributed by atoms with Crippen molar-refractivity contribution in [2.45, 2.75) is 18.4 Å². The predicted molar refractivity (Wildman–Crippen MR) is 78.0 cm³/mol. The summed E-state index contributed by atoms with van der Waals surface area (Å²) in [4.78, 5) is 10.9. The molecule has 0 aliphatic carbocycles. The molecule has 6 nitrogen and oxygen atoms in total. The summed E-state index contributed by atoms with van der Waals surface area (Å²) < 4.78 is 41.5. The Morgan fingerprint density at radius 3 is 2.67 bits per heavy atom. The van der Waals surface area contributed by atoms with E-state index in [0.29, 0.717) is 6.54 Å². The van der Waals surface area contributed by atoms with Gasteiger partial charge in [-0.1, -0.05) is 0 Å². The third kappa shape index (κ3) is 3.22. The van der Waals surface area contributed by atoms with Gasteiger partial charge in [-0.2, -0.15) is 0 Å². The van der Waals surface area contributed by atoms with Gasteiger partial charge >= 0.3 is 0 Å². The van der Waals surface area contributed by atoms with Crippen molar-refractivity contribution in [2.24, 2.45) is 0 Å². The van der Waals surface area contributed by atoms with E-state index in [1.807, 2.05) is 0 Å². The smallest absolute Gasteiger partial charge is 0.264 e. The van der Waals surface area contributed by atoms with Crippen LogP contribution in [0.2, 0.25) is 0 Å². The fourth-order valence-corrected chi connectivity index (χ4v) is 2.93. The van der Waals surface area contributed by atoms with Crippen LogP contribution in [0.5, 0.6) is 0 Å². The van der Waals surface area contributed by atoms with E-state index in [4.69, 9.17) is 5.73 Å². The quantitative estimate of drug-likeness (QED) is 0.834. The molecular formula is C13H14FN3O3S. The highest BCUT2D eigenvalue weighted by atomic mass is 32.2. The highest BCUT2D eigenvalue weighted by molar-refractivity contribution is 7.92. The zero-order valence-electron chi connectivity index (χ0n) is 11.2. The van der Waals surface area contributed by atoms with Gasteiger partial charge in [0.2, 0.25) is 0 Å². The maximum Gasteiger partial charge on any atom is 0.264 e. The lowest BCUT2D eigenvalue weighted by molar-refractivity contribution is 0.570. The monoisotopic (exact) mass is 311 g/mol. The molecule has 0 aliphatic rings. The maximum absolute atomic E-state index is 13.6. The molecule has 0 radical (unpaired) electrons. The van der Waals surface area contributed by atoms with Crippen LogP contribution >= 0.6 is 0 Å². The number of nitrogen functional groups attached to an aromatic ring is 1. The van der Waals surface area contributed by atoms with Crippen LogP contribution in [0.1, 0.15) is 6.92 Å². The summed E-state index contributed by atoms with van der Waals surface area (Å²) in [7, 11) is -4.12. The van der Waals surface area contributed by atoms with Gasteiger partial charge in [-0.25, -0.2) is 12.8 Å². The second kappa shape index (κ2) is 5.57. The molecule has 0 saturated heterocycles. The zero-order chi connectivity index (χ0) is 15.6. The van der Waals surface area contributed by atoms with E-state index in [-0.39, 0.29) is 16.9 Å². The molecular weight excluding hydrogens is 297 g/mol. The Bertz CT molecular complexity index is 831. The highest BCUT2D eigenvalue weighted by Crippen LogP contribution is 2.20. The van der Waals surface area contributed by atoms with Crippen LogP contribution in [-0.2, 0) is 16.6 Å². The minimum absolute atomic E-state index is 0.135. The van der Waals surface area contributed by atoms with Crippen molar-refractivity contribution < 1.29 is 12.8 Å². The topological polar surface area (TPSA) is 94.2 Å². The largest absolute Gasteiger partial charge is 0.399 e. The van der Waals surface area contributed by atoms with Crippen LogP contribution in [0.3, 0.4) is 0 Å². The number of hydrogen-bond acceptors (Lipinski definition) is 4. The van der Waals surface area contributed by atoms with Crippen LogP contribution in [0.4, 0.5) is 15.8 Å². The van der Waals surface area contributed by atoms with Crippen molar-refractivity contribution in [1.29, 1.82) is 0 Å². The number of hydrogen-bond donors (Lipinski definition) is 2. The molecule has 0 atom stereocenters. The summed E-state index contributed by atoms with van der Waals surface area (Å²) in [5.41, 5.74) is 5.52. The fourth-order valence-electron chi connectivity index (χ4n) is 1.77. The number of nitrogens with zero attached hydrogens (tertiary/aromatic N) is 1. The number of sulfonamides is 1. The molecule has 0 saturated carbocycles. The van der Waals surface area contributed by atoms with Crippen molar-refractivity contribution in [3.63, 3.8) is 0 Å². The molecule has 0 bridgehead atoms. The summed E-state index contributed by atoms with van der Waals surface area (Å²) >= 11 is 0. The molecule has 0 fully saturated rings. The average molecular weight is 311 g/mol. The molecule has 2 rings (SSSR count). The summed E-state index contributed by atoms with van der Waals surface area (Å²) in [6.07, 6.45) is 1.35. The first-order chi connectivity index (χ1) is 9.83. The van der Waals surface area contributed by atoms with E-state index in [1.54, 1.807) is 6.92 Å². The molecule has 0 aliphatic heterocycles. The molecule has 1 heterocycles. The molecule has 8 heteroatoms. The zero-order valence-corrected chi connectivity index (χ0v) is 12.0. The number of benzene rings is 1. The van der Waals surface area contributed by atoms with Gasteiger partial charge in [0.1, 0.15) is 10.7 Å². The Morgan fingerprint density at radius 2 is 2.00 bits per heavy atom. The Balaban J connectivity index is 2.42. The van der Waals surface area contributed by atoms with Crippen LogP contribution in [0.15, 0.2) is 46.2 Å². The van der Waals surface area contributed by atoms with Gasteiger partial charge in [-0.05, 0) is 31.2 Å². The van der Waals surface area contributed by atoms with Crippen LogP contribution < -0.4 is 16.0 Å². The van der Waals surface area contributed by atoms with Crippen molar-refractivity contribution in [1.82, 2.24) is 4.57 Å². The molecule has 0 amide bonds. The van der Waals surface area contributed by atoms with Crippen molar-refractivity contribution in [3.05, 3.63) is 52.7 Å². The molecule has 0 unspecified atom stereocenters. The molecule has 0 spiro atoms. The van der Waals surface area contributed by atoms with Crippen LogP contribution in [0.25, 0.3) is 0 Å². The summed E-state index contributed by atoms with van der Waals surface area (Å²) in [5, 5.41) is 0. The SMILES string of the molecule is CCn1cc(NS(=O)(=O)c2cc(N)ccc2F)ccc1=O. The Kier molecular flexibility index (Phi) is 3.99. The minimum Gasteiger partial charge on any atom is -0.399 e. The van der Waals surface area contributed by atoms with E-state index < -0.39 is 20.7 Å². The molecule has 2 aromatic rings. The van der Waals surface area contributed by atoms with Gasteiger partial charge in [0.25, 0.3) is 15.6 Å². The summed E-state index contributed by atoms with van der Waals surface area (Å²) in [5.74, 6) is -0.902. The van der Waals surface area contributed by atoms with Crippen molar-refractivity contribution in [2.75, 3.05) is 10.5 Å². The number of rotatable bonds is 4. The van der Waals surface area contributed by atoms with Crippen LogP contribution in [0, 0.1) is 5.82 Å². The number of halogens is 1. The molecule has 112 valence electrons. The number of aryl methyl sites for hydroxylation is 1. The average Bonchev–Trinajstić information content (AvgIpc) is 2.43. The van der Waals surface area contributed by atoms with E-state index in [0.717, 1.165) is 12.1 Å². The van der Waals surface area contributed by atoms with Crippen LogP contribution in [-0.4, -0.2) is 13.0 Å². The minimum atomic E-state index is -4.12. The number of nitrogens with two attached hydrogens (primary N) is 1. The predicted octanol–water partition coefficient (Wildman–Crippen LogP) is 1.39. The van der Waals surface area contributed by atoms with E-state index in [2.05, 4.69) is 4.72 Å². The number of nitrogens with one attached hydrogen (secondary N) is 1. The van der Waals surface area contributed by atoms with Gasteiger partial charge in [-0.3, -0.25) is 9.52 Å². The van der Waals surface area contributed by atoms with E-state index in [1.165, 1.54) is 29.0 Å². The second-order valence-electron chi connectivity index (χ2n) is 4.34. The number of anilines is 2. The Labute approximate surface area is 121 Å². The molecule has 1 aromatic carbocycles. The highest BCUT2D eigenvalue weighted by Gasteiger charge is 2.19. The third-order valence-corrected chi connectivity index (χ3v) is 4.22. The van der Waals surface area contributed by atoms with Crippen molar-refractivity contribution in [3.8, 4) is 0 Å². The molecule has 3 N–H and O–H groups in total. The normalized spacial score (nSPS) is 11.3.